The molecule has 2 fully saturated rings. The van der Waals surface area contributed by atoms with Crippen molar-refractivity contribution in [1.82, 2.24) is 15.1 Å². The third kappa shape index (κ3) is 6.77. The number of halogens is 1. The highest BCUT2D eigenvalue weighted by Crippen LogP contribution is 2.28. The van der Waals surface area contributed by atoms with Crippen LogP contribution in [0, 0.1) is 11.7 Å². The van der Waals surface area contributed by atoms with Crippen LogP contribution in [0.15, 0.2) is 24.3 Å². The van der Waals surface area contributed by atoms with Gasteiger partial charge < -0.3 is 25.3 Å². The van der Waals surface area contributed by atoms with E-state index in [2.05, 4.69) is 17.3 Å². The van der Waals surface area contributed by atoms with Crippen LogP contribution in [0.3, 0.4) is 0 Å². The SMILES string of the molecule is CN1CCCN(C(=O)[C@H]2C[C@H](NC(=O)Cc3ccccc3F)[C@@H](O)C2)CC1.O=CO. The number of aliphatic hydroxyl groups is 1. The molecule has 1 aliphatic carbocycles. The van der Waals surface area contributed by atoms with Gasteiger partial charge >= 0.3 is 0 Å². The third-order valence-electron chi connectivity index (χ3n) is 5.56. The molecular formula is C21H30FN3O5. The molecule has 0 unspecified atom stereocenters. The molecule has 0 aromatic heterocycles. The monoisotopic (exact) mass is 423 g/mol. The largest absolute Gasteiger partial charge is 0.483 e. The lowest BCUT2D eigenvalue weighted by Gasteiger charge is -2.24. The number of benzene rings is 1. The molecule has 1 aromatic carbocycles. The van der Waals surface area contributed by atoms with Gasteiger partial charge in [-0.2, -0.15) is 0 Å². The van der Waals surface area contributed by atoms with Gasteiger partial charge in [0.15, 0.2) is 0 Å². The fourth-order valence-electron chi connectivity index (χ4n) is 3.97. The van der Waals surface area contributed by atoms with Crippen molar-refractivity contribution in [1.29, 1.82) is 0 Å². The molecule has 3 N–H and O–H groups in total. The van der Waals surface area contributed by atoms with Gasteiger partial charge in [-0.3, -0.25) is 14.4 Å². The zero-order valence-electron chi connectivity index (χ0n) is 17.2. The van der Waals surface area contributed by atoms with Crippen LogP contribution in [0.2, 0.25) is 0 Å². The summed E-state index contributed by atoms with van der Waals surface area (Å²) >= 11 is 0. The molecule has 9 heteroatoms. The fraction of sp³-hybridized carbons (Fsp3) is 0.571. The summed E-state index contributed by atoms with van der Waals surface area (Å²) in [5, 5.41) is 20.0. The topological polar surface area (TPSA) is 110 Å². The lowest BCUT2D eigenvalue weighted by atomic mass is 10.1. The first-order chi connectivity index (χ1) is 14.3. The van der Waals surface area contributed by atoms with E-state index in [0.29, 0.717) is 24.9 Å². The molecule has 0 bridgehead atoms. The summed E-state index contributed by atoms with van der Waals surface area (Å²) in [4.78, 5) is 37.5. The van der Waals surface area contributed by atoms with E-state index in [1.807, 2.05) is 4.90 Å². The van der Waals surface area contributed by atoms with Gasteiger partial charge in [-0.15, -0.1) is 0 Å². The Morgan fingerprint density at radius 3 is 2.60 bits per heavy atom. The van der Waals surface area contributed by atoms with Gasteiger partial charge in [-0.05, 0) is 44.5 Å². The van der Waals surface area contributed by atoms with Crippen LogP contribution in [0.1, 0.15) is 24.8 Å². The van der Waals surface area contributed by atoms with E-state index < -0.39 is 18.0 Å². The van der Waals surface area contributed by atoms with Crippen molar-refractivity contribution in [2.24, 2.45) is 5.92 Å². The Bertz CT molecular complexity index is 732. The molecule has 30 heavy (non-hydrogen) atoms. The molecule has 0 radical (unpaired) electrons. The molecule has 1 heterocycles. The maximum atomic E-state index is 13.7. The standard InChI is InChI=1S/C20H28FN3O3.CH2O2/c1-23-7-4-8-24(10-9-23)20(27)15-11-17(18(25)12-15)22-19(26)13-14-5-2-3-6-16(14)21;2-1-3/h2-3,5-6,15,17-18,25H,4,7-13H2,1H3,(H,22,26);1H,(H,2,3)/t15-,17-,18-;/m0./s1. The van der Waals surface area contributed by atoms with E-state index >= 15 is 0 Å². The van der Waals surface area contributed by atoms with Gasteiger partial charge in [0, 0.05) is 25.6 Å². The molecule has 3 rings (SSSR count). The van der Waals surface area contributed by atoms with Gasteiger partial charge in [0.1, 0.15) is 5.82 Å². The van der Waals surface area contributed by atoms with E-state index in [-0.39, 0.29) is 30.6 Å². The van der Waals surface area contributed by atoms with Crippen molar-refractivity contribution in [2.45, 2.75) is 37.8 Å². The number of rotatable bonds is 4. The molecule has 1 aromatic rings. The average molecular weight is 423 g/mol. The van der Waals surface area contributed by atoms with Gasteiger partial charge in [-0.25, -0.2) is 4.39 Å². The van der Waals surface area contributed by atoms with E-state index in [0.717, 1.165) is 26.1 Å². The molecule has 1 saturated heterocycles. The Kier molecular flexibility index (Phi) is 9.19. The Labute approximate surface area is 175 Å². The molecule has 3 atom stereocenters. The highest BCUT2D eigenvalue weighted by molar-refractivity contribution is 5.81. The summed E-state index contributed by atoms with van der Waals surface area (Å²) in [6, 6.07) is 5.69. The molecule has 8 nitrogen and oxygen atoms in total. The minimum atomic E-state index is -0.752. The summed E-state index contributed by atoms with van der Waals surface area (Å²) in [6.45, 7) is 3.02. The van der Waals surface area contributed by atoms with Gasteiger partial charge in [0.2, 0.25) is 11.8 Å². The minimum Gasteiger partial charge on any atom is -0.483 e. The number of hydrogen-bond acceptors (Lipinski definition) is 5. The summed E-state index contributed by atoms with van der Waals surface area (Å²) in [6.07, 6.45) is 0.900. The minimum absolute atomic E-state index is 0.0650. The van der Waals surface area contributed by atoms with Crippen LogP contribution in [-0.4, -0.2) is 83.7 Å². The third-order valence-corrected chi connectivity index (χ3v) is 5.56. The van der Waals surface area contributed by atoms with Crippen molar-refractivity contribution in [3.05, 3.63) is 35.6 Å². The first-order valence-electron chi connectivity index (χ1n) is 10.1. The van der Waals surface area contributed by atoms with E-state index in [9.17, 15) is 19.1 Å². The van der Waals surface area contributed by atoms with Crippen LogP contribution < -0.4 is 5.32 Å². The Morgan fingerprint density at radius 1 is 1.20 bits per heavy atom. The Morgan fingerprint density at radius 2 is 1.90 bits per heavy atom. The molecule has 1 aliphatic heterocycles. The van der Waals surface area contributed by atoms with Gasteiger partial charge in [-0.1, -0.05) is 18.2 Å². The van der Waals surface area contributed by atoms with Gasteiger partial charge in [0.25, 0.3) is 6.47 Å². The number of nitrogens with zero attached hydrogens (tertiary/aromatic N) is 2. The maximum Gasteiger partial charge on any atom is 0.290 e. The second-order valence-corrected chi connectivity index (χ2v) is 7.77. The van der Waals surface area contributed by atoms with Crippen LogP contribution in [0.25, 0.3) is 0 Å². The summed E-state index contributed by atoms with van der Waals surface area (Å²) < 4.78 is 13.7. The summed E-state index contributed by atoms with van der Waals surface area (Å²) in [5.74, 6) is -0.968. The lowest BCUT2D eigenvalue weighted by Crippen LogP contribution is -2.41. The molecule has 2 amide bonds. The number of carboxylic acid groups (broad SMARTS) is 1. The summed E-state index contributed by atoms with van der Waals surface area (Å²) in [7, 11) is 2.05. The number of aliphatic hydroxyl groups excluding tert-OH is 1. The van der Waals surface area contributed by atoms with E-state index in [1.165, 1.54) is 6.07 Å². The van der Waals surface area contributed by atoms with E-state index in [4.69, 9.17) is 9.90 Å². The lowest BCUT2D eigenvalue weighted by molar-refractivity contribution is -0.135. The van der Waals surface area contributed by atoms with Crippen molar-refractivity contribution in [3.63, 3.8) is 0 Å². The first-order valence-corrected chi connectivity index (χ1v) is 10.1. The fourth-order valence-corrected chi connectivity index (χ4v) is 3.97. The number of amides is 2. The quantitative estimate of drug-likeness (QED) is 0.608. The number of hydrogen-bond donors (Lipinski definition) is 3. The summed E-state index contributed by atoms with van der Waals surface area (Å²) in [5.41, 5.74) is 0.323. The normalized spacial score (nSPS) is 24.4. The molecule has 166 valence electrons. The van der Waals surface area contributed by atoms with Crippen LogP contribution in [-0.2, 0) is 20.8 Å². The number of likely N-dealkylation sites (N-methyl/N-ethyl adjacent to an activating group) is 1. The van der Waals surface area contributed by atoms with Crippen LogP contribution in [0.4, 0.5) is 4.39 Å². The zero-order valence-corrected chi connectivity index (χ0v) is 17.2. The zero-order chi connectivity index (χ0) is 22.1. The van der Waals surface area contributed by atoms with Gasteiger partial charge in [0.05, 0.1) is 18.6 Å². The number of nitrogens with one attached hydrogen (secondary N) is 1. The second kappa shape index (κ2) is 11.6. The molecule has 0 spiro atoms. The van der Waals surface area contributed by atoms with Crippen molar-refractivity contribution < 1.29 is 29.0 Å². The van der Waals surface area contributed by atoms with Crippen LogP contribution >= 0.6 is 0 Å². The second-order valence-electron chi connectivity index (χ2n) is 7.77. The first kappa shape index (κ1) is 23.8. The Balaban J connectivity index is 0.00000101. The predicted octanol–water partition coefficient (Wildman–Crippen LogP) is 0.489. The van der Waals surface area contributed by atoms with Crippen molar-refractivity contribution in [3.8, 4) is 0 Å². The predicted molar refractivity (Wildman–Crippen MR) is 108 cm³/mol. The van der Waals surface area contributed by atoms with Crippen molar-refractivity contribution in [2.75, 3.05) is 33.2 Å². The Hall–Kier alpha value is -2.52. The average Bonchev–Trinajstić information content (AvgIpc) is 2.92. The van der Waals surface area contributed by atoms with Crippen LogP contribution in [0.5, 0.6) is 0 Å². The smallest absolute Gasteiger partial charge is 0.290 e. The highest BCUT2D eigenvalue weighted by atomic mass is 19.1. The maximum absolute atomic E-state index is 13.7. The van der Waals surface area contributed by atoms with Crippen molar-refractivity contribution >= 4 is 18.3 Å². The molecular weight excluding hydrogens is 393 g/mol. The molecule has 2 aliphatic rings. The highest BCUT2D eigenvalue weighted by Gasteiger charge is 2.39. The molecule has 1 saturated carbocycles. The van der Waals surface area contributed by atoms with E-state index in [1.54, 1.807) is 18.2 Å². The number of carbonyl (C=O) groups excluding carboxylic acids is 2. The number of carbonyl (C=O) groups is 3.